The Morgan fingerprint density at radius 1 is 1.03 bits per heavy atom. The van der Waals surface area contributed by atoms with Crippen LogP contribution in [-0.4, -0.2) is 51.2 Å². The lowest BCUT2D eigenvalue weighted by Gasteiger charge is -2.29. The van der Waals surface area contributed by atoms with Crippen LogP contribution in [0.15, 0.2) is 48.5 Å². The number of aliphatic hydroxyl groups excluding tert-OH is 1. The summed E-state index contributed by atoms with van der Waals surface area (Å²) in [5.74, 6) is -0.0380. The Morgan fingerprint density at radius 3 is 2.35 bits per heavy atom. The van der Waals surface area contributed by atoms with Crippen LogP contribution in [0.3, 0.4) is 0 Å². The number of aliphatic hydroxyl groups is 1. The number of rotatable bonds is 11. The van der Waals surface area contributed by atoms with Gasteiger partial charge < -0.3 is 14.6 Å². The molecule has 0 unspecified atom stereocenters. The Balaban J connectivity index is 1.96. The smallest absolute Gasteiger partial charge is 0.227 e. The number of halogens is 2. The quantitative estimate of drug-likeness (QED) is 0.412. The Morgan fingerprint density at radius 2 is 1.74 bits per heavy atom. The Bertz CT molecular complexity index is 1070. The first-order valence-corrected chi connectivity index (χ1v) is 11.5. The van der Waals surface area contributed by atoms with E-state index < -0.39 is 11.9 Å². The van der Waals surface area contributed by atoms with Crippen molar-refractivity contribution in [1.29, 1.82) is 0 Å². The molecule has 34 heavy (non-hydrogen) atoms. The molecule has 184 valence electrons. The number of aromatic nitrogens is 2. The van der Waals surface area contributed by atoms with Crippen LogP contribution in [0.5, 0.6) is 11.6 Å². The van der Waals surface area contributed by atoms with E-state index in [0.717, 1.165) is 5.56 Å². The van der Waals surface area contributed by atoms with Crippen LogP contribution < -0.4 is 4.74 Å². The van der Waals surface area contributed by atoms with E-state index in [0.29, 0.717) is 36.1 Å². The zero-order valence-electron chi connectivity index (χ0n) is 20.3. The molecule has 0 aliphatic carbocycles. The molecule has 1 heterocycles. The number of hydrogen-bond donors (Lipinski definition) is 1. The van der Waals surface area contributed by atoms with Crippen molar-refractivity contribution >= 4 is 0 Å². The molecule has 1 aromatic heterocycles. The van der Waals surface area contributed by atoms with Crippen molar-refractivity contribution in [2.75, 3.05) is 13.2 Å². The minimum absolute atomic E-state index is 0.0320. The highest BCUT2D eigenvalue weighted by atomic mass is 19.1. The van der Waals surface area contributed by atoms with Gasteiger partial charge in [0, 0.05) is 25.2 Å². The molecule has 2 aromatic carbocycles. The lowest BCUT2D eigenvalue weighted by molar-refractivity contribution is -0.0137. The summed E-state index contributed by atoms with van der Waals surface area (Å²) in [5, 5.41) is 15.2. The van der Waals surface area contributed by atoms with Crippen LogP contribution in [-0.2, 0) is 11.3 Å². The SMILES string of the molecule is Cc1nn(-c2ccc(F)cc2)c(Oc2cccc(F)c2)c1CN(C[C@H](O)COC(C)C)C(C)C. The number of nitrogens with zero attached hydrogens (tertiary/aromatic N) is 3. The average Bonchev–Trinajstić information content (AvgIpc) is 3.07. The lowest BCUT2D eigenvalue weighted by Crippen LogP contribution is -2.39. The van der Waals surface area contributed by atoms with Crippen LogP contribution in [0, 0.1) is 18.6 Å². The second-order valence-corrected chi connectivity index (χ2v) is 8.88. The second kappa shape index (κ2) is 11.6. The number of benzene rings is 2. The van der Waals surface area contributed by atoms with Crippen molar-refractivity contribution in [3.63, 3.8) is 0 Å². The third-order valence-electron chi connectivity index (χ3n) is 5.38. The van der Waals surface area contributed by atoms with Gasteiger partial charge in [-0.3, -0.25) is 4.90 Å². The molecule has 0 amide bonds. The van der Waals surface area contributed by atoms with Crippen LogP contribution >= 0.6 is 0 Å². The summed E-state index contributed by atoms with van der Waals surface area (Å²) in [7, 11) is 0. The Kier molecular flexibility index (Phi) is 8.77. The maximum Gasteiger partial charge on any atom is 0.227 e. The van der Waals surface area contributed by atoms with Crippen molar-refractivity contribution in [2.45, 2.75) is 59.4 Å². The zero-order valence-corrected chi connectivity index (χ0v) is 20.3. The van der Waals surface area contributed by atoms with Crippen LogP contribution in [0.2, 0.25) is 0 Å². The van der Waals surface area contributed by atoms with Gasteiger partial charge in [-0.05, 0) is 71.0 Å². The maximum absolute atomic E-state index is 13.8. The van der Waals surface area contributed by atoms with E-state index in [2.05, 4.69) is 10.00 Å². The van der Waals surface area contributed by atoms with Gasteiger partial charge in [0.1, 0.15) is 17.4 Å². The first-order valence-electron chi connectivity index (χ1n) is 11.5. The fourth-order valence-corrected chi connectivity index (χ4v) is 3.51. The summed E-state index contributed by atoms with van der Waals surface area (Å²) in [5.41, 5.74) is 2.12. The van der Waals surface area contributed by atoms with E-state index in [1.54, 1.807) is 28.9 Å². The van der Waals surface area contributed by atoms with E-state index in [9.17, 15) is 13.9 Å². The van der Waals surface area contributed by atoms with Crippen LogP contribution in [0.4, 0.5) is 8.78 Å². The van der Waals surface area contributed by atoms with Crippen molar-refractivity contribution in [3.8, 4) is 17.3 Å². The van der Waals surface area contributed by atoms with E-state index >= 15 is 0 Å². The number of ether oxygens (including phenoxy) is 2. The molecule has 0 saturated heterocycles. The van der Waals surface area contributed by atoms with E-state index in [-0.39, 0.29) is 24.6 Å². The first kappa shape index (κ1) is 25.8. The molecule has 6 nitrogen and oxygen atoms in total. The van der Waals surface area contributed by atoms with Gasteiger partial charge in [-0.15, -0.1) is 0 Å². The molecule has 0 radical (unpaired) electrons. The zero-order chi connectivity index (χ0) is 24.8. The van der Waals surface area contributed by atoms with E-state index in [1.807, 2.05) is 34.6 Å². The van der Waals surface area contributed by atoms with Gasteiger partial charge in [0.05, 0.1) is 35.8 Å². The van der Waals surface area contributed by atoms with E-state index in [4.69, 9.17) is 9.47 Å². The van der Waals surface area contributed by atoms with Gasteiger partial charge in [-0.1, -0.05) is 6.07 Å². The summed E-state index contributed by atoms with van der Waals surface area (Å²) in [6, 6.07) is 11.9. The summed E-state index contributed by atoms with van der Waals surface area (Å²) in [6.07, 6.45) is -0.630. The average molecular weight is 474 g/mol. The molecule has 0 spiro atoms. The molecule has 1 N–H and O–H groups in total. The molecule has 1 atom stereocenters. The van der Waals surface area contributed by atoms with Gasteiger partial charge in [-0.25, -0.2) is 13.5 Å². The molecular weight excluding hydrogens is 440 g/mol. The largest absolute Gasteiger partial charge is 0.438 e. The van der Waals surface area contributed by atoms with Gasteiger partial charge in [0.25, 0.3) is 0 Å². The first-order chi connectivity index (χ1) is 16.1. The summed E-state index contributed by atoms with van der Waals surface area (Å²) >= 11 is 0. The second-order valence-electron chi connectivity index (χ2n) is 8.88. The van der Waals surface area contributed by atoms with Gasteiger partial charge in [0.15, 0.2) is 0 Å². The maximum atomic E-state index is 13.8. The fraction of sp³-hybridized carbons (Fsp3) is 0.423. The summed E-state index contributed by atoms with van der Waals surface area (Å²) in [6.45, 7) is 10.9. The minimum Gasteiger partial charge on any atom is -0.438 e. The molecule has 0 aliphatic heterocycles. The predicted molar refractivity (Wildman–Crippen MR) is 127 cm³/mol. The molecule has 8 heteroatoms. The summed E-state index contributed by atoms with van der Waals surface area (Å²) < 4.78 is 40.7. The van der Waals surface area contributed by atoms with Crippen molar-refractivity contribution in [2.24, 2.45) is 0 Å². The topological polar surface area (TPSA) is 59.8 Å². The molecular formula is C26H33F2N3O3. The highest BCUT2D eigenvalue weighted by Crippen LogP contribution is 2.32. The summed E-state index contributed by atoms with van der Waals surface area (Å²) in [4.78, 5) is 2.10. The van der Waals surface area contributed by atoms with Crippen molar-refractivity contribution < 1.29 is 23.4 Å². The van der Waals surface area contributed by atoms with Gasteiger partial charge in [-0.2, -0.15) is 5.10 Å². The normalized spacial score (nSPS) is 12.7. The van der Waals surface area contributed by atoms with Crippen molar-refractivity contribution in [1.82, 2.24) is 14.7 Å². The highest BCUT2D eigenvalue weighted by molar-refractivity contribution is 5.43. The monoisotopic (exact) mass is 473 g/mol. The minimum atomic E-state index is -0.662. The third kappa shape index (κ3) is 6.85. The Hall–Kier alpha value is -2.81. The van der Waals surface area contributed by atoms with Gasteiger partial charge in [0.2, 0.25) is 5.88 Å². The molecule has 0 fully saturated rings. The lowest BCUT2D eigenvalue weighted by atomic mass is 10.2. The molecule has 3 aromatic rings. The number of hydrogen-bond acceptors (Lipinski definition) is 5. The molecule has 3 rings (SSSR count). The molecule has 0 bridgehead atoms. The molecule has 0 saturated carbocycles. The van der Waals surface area contributed by atoms with Crippen LogP contribution in [0.1, 0.15) is 39.0 Å². The van der Waals surface area contributed by atoms with Crippen molar-refractivity contribution in [3.05, 3.63) is 71.4 Å². The van der Waals surface area contributed by atoms with E-state index in [1.165, 1.54) is 24.3 Å². The predicted octanol–water partition coefficient (Wildman–Crippen LogP) is 5.25. The highest BCUT2D eigenvalue weighted by Gasteiger charge is 2.24. The third-order valence-corrected chi connectivity index (χ3v) is 5.38. The number of aryl methyl sites for hydroxylation is 1. The standard InChI is InChI=1S/C26H33F2N3O3/c1-17(2)30(14-23(32)16-33-18(3)4)15-25-19(5)29-31(22-11-9-20(27)10-12-22)26(25)34-24-8-6-7-21(28)13-24/h6-13,17-18,23,32H,14-16H2,1-5H3/t23-/m0/s1. The van der Waals surface area contributed by atoms with Gasteiger partial charge >= 0.3 is 0 Å². The molecule has 0 aliphatic rings. The van der Waals surface area contributed by atoms with Crippen LogP contribution in [0.25, 0.3) is 5.69 Å². The Labute approximate surface area is 199 Å². The fourth-order valence-electron chi connectivity index (χ4n) is 3.51.